The van der Waals surface area contributed by atoms with Gasteiger partial charge < -0.3 is 19.9 Å². The zero-order chi connectivity index (χ0) is 25.1. The Bertz CT molecular complexity index is 1340. The molecule has 11 heteroatoms. The number of ether oxygens (including phenoxy) is 1. The molecule has 0 saturated carbocycles. The van der Waals surface area contributed by atoms with E-state index in [1.807, 2.05) is 0 Å². The Balaban J connectivity index is 1.57. The van der Waals surface area contributed by atoms with Crippen molar-refractivity contribution in [1.29, 1.82) is 0 Å². The maximum Gasteiger partial charge on any atom is 0.294 e. The topological polar surface area (TPSA) is 96.8 Å². The number of halogens is 2. The van der Waals surface area contributed by atoms with E-state index in [-0.39, 0.29) is 29.0 Å². The van der Waals surface area contributed by atoms with E-state index in [9.17, 15) is 23.2 Å². The minimum atomic E-state index is -0.936. The Labute approximate surface area is 199 Å². The van der Waals surface area contributed by atoms with Gasteiger partial charge in [0.25, 0.3) is 11.5 Å². The van der Waals surface area contributed by atoms with Crippen molar-refractivity contribution in [2.75, 3.05) is 31.5 Å². The second kappa shape index (κ2) is 9.92. The van der Waals surface area contributed by atoms with Gasteiger partial charge in [-0.2, -0.15) is 5.10 Å². The molecule has 0 unspecified atom stereocenters. The van der Waals surface area contributed by atoms with Gasteiger partial charge in [-0.15, -0.1) is 0 Å². The third kappa shape index (κ3) is 5.29. The summed E-state index contributed by atoms with van der Waals surface area (Å²) in [5.41, 5.74) is 0.225. The van der Waals surface area contributed by atoms with Gasteiger partial charge in [-0.3, -0.25) is 14.4 Å². The molecule has 2 aromatic carbocycles. The molecular formula is C24H23F2N5O4. The molecule has 35 heavy (non-hydrogen) atoms. The maximum absolute atomic E-state index is 14.1. The predicted octanol–water partition coefficient (Wildman–Crippen LogP) is 2.90. The highest BCUT2D eigenvalue weighted by Crippen LogP contribution is 2.30. The average molecular weight is 483 g/mol. The Morgan fingerprint density at radius 3 is 2.40 bits per heavy atom. The number of carbonyl (C=O) groups excluding carboxylic acids is 2. The van der Waals surface area contributed by atoms with Gasteiger partial charge in [0.05, 0.1) is 6.20 Å². The zero-order valence-corrected chi connectivity index (χ0v) is 19.1. The van der Waals surface area contributed by atoms with Crippen molar-refractivity contribution in [3.63, 3.8) is 0 Å². The molecule has 0 spiro atoms. The van der Waals surface area contributed by atoms with Crippen LogP contribution in [0.2, 0.25) is 0 Å². The zero-order valence-electron chi connectivity index (χ0n) is 19.1. The van der Waals surface area contributed by atoms with Gasteiger partial charge in [-0.1, -0.05) is 6.07 Å². The van der Waals surface area contributed by atoms with Gasteiger partial charge in [0.1, 0.15) is 5.82 Å². The molecule has 1 fully saturated rings. The summed E-state index contributed by atoms with van der Waals surface area (Å²) in [6, 6.07) is 9.37. The van der Waals surface area contributed by atoms with E-state index in [1.54, 1.807) is 34.1 Å². The molecule has 1 aliphatic rings. The Morgan fingerprint density at radius 1 is 1.00 bits per heavy atom. The maximum atomic E-state index is 14.1. The fourth-order valence-electron chi connectivity index (χ4n) is 3.67. The molecule has 9 nitrogen and oxygen atoms in total. The number of piperazine rings is 1. The molecule has 1 saturated heterocycles. The third-order valence-electron chi connectivity index (χ3n) is 5.61. The first kappa shape index (κ1) is 23.9. The summed E-state index contributed by atoms with van der Waals surface area (Å²) in [4.78, 5) is 40.6. The smallest absolute Gasteiger partial charge is 0.294 e. The quantitative estimate of drug-likeness (QED) is 0.600. The van der Waals surface area contributed by atoms with Crippen LogP contribution in [0.3, 0.4) is 0 Å². The summed E-state index contributed by atoms with van der Waals surface area (Å²) >= 11 is 0. The fourth-order valence-corrected chi connectivity index (χ4v) is 3.67. The van der Waals surface area contributed by atoms with Crippen LogP contribution in [0.25, 0.3) is 0 Å². The lowest BCUT2D eigenvalue weighted by molar-refractivity contribution is -0.130. The van der Waals surface area contributed by atoms with Crippen LogP contribution >= 0.6 is 0 Å². The summed E-state index contributed by atoms with van der Waals surface area (Å²) in [5.74, 6) is -2.28. The molecule has 3 aromatic rings. The molecule has 1 N–H and O–H groups in total. The molecule has 2 heterocycles. The Morgan fingerprint density at radius 2 is 1.71 bits per heavy atom. The number of anilines is 2. The second-order valence-corrected chi connectivity index (χ2v) is 7.99. The summed E-state index contributed by atoms with van der Waals surface area (Å²) in [6.45, 7) is 3.27. The summed E-state index contributed by atoms with van der Waals surface area (Å²) in [7, 11) is 1.44. The number of nitrogens with zero attached hydrogens (tertiary/aromatic N) is 4. The van der Waals surface area contributed by atoms with Gasteiger partial charge in [-0.05, 0) is 30.3 Å². The monoisotopic (exact) mass is 483 g/mol. The normalized spacial score (nSPS) is 13.5. The largest absolute Gasteiger partial charge is 0.450 e. The van der Waals surface area contributed by atoms with E-state index >= 15 is 0 Å². The SMILES string of the molecule is CC(=O)N1CCN(C(=O)c2cccc(Nc3c(Oc4ccc(F)cc4F)cnn(C)c3=O)c2)CC1. The molecule has 1 aromatic heterocycles. The molecule has 0 radical (unpaired) electrons. The molecule has 4 rings (SSSR count). The Hall–Kier alpha value is -4.28. The minimum Gasteiger partial charge on any atom is -0.450 e. The van der Waals surface area contributed by atoms with Crippen molar-refractivity contribution in [2.24, 2.45) is 7.05 Å². The van der Waals surface area contributed by atoms with E-state index in [1.165, 1.54) is 20.2 Å². The van der Waals surface area contributed by atoms with E-state index in [0.29, 0.717) is 43.5 Å². The number of hydrogen-bond acceptors (Lipinski definition) is 6. The van der Waals surface area contributed by atoms with Gasteiger partial charge in [-0.25, -0.2) is 13.5 Å². The van der Waals surface area contributed by atoms with Crippen LogP contribution in [-0.2, 0) is 11.8 Å². The highest BCUT2D eigenvalue weighted by atomic mass is 19.1. The summed E-state index contributed by atoms with van der Waals surface area (Å²) in [5, 5.41) is 6.84. The van der Waals surface area contributed by atoms with Crippen LogP contribution in [-0.4, -0.2) is 57.6 Å². The number of aromatic nitrogens is 2. The first-order valence-corrected chi connectivity index (χ1v) is 10.8. The third-order valence-corrected chi connectivity index (χ3v) is 5.61. The lowest BCUT2D eigenvalue weighted by Gasteiger charge is -2.34. The second-order valence-electron chi connectivity index (χ2n) is 7.99. The van der Waals surface area contributed by atoms with E-state index < -0.39 is 17.2 Å². The first-order valence-electron chi connectivity index (χ1n) is 10.8. The van der Waals surface area contributed by atoms with Crippen LogP contribution in [0, 0.1) is 11.6 Å². The van der Waals surface area contributed by atoms with Crippen molar-refractivity contribution in [2.45, 2.75) is 6.92 Å². The van der Waals surface area contributed by atoms with Crippen molar-refractivity contribution >= 4 is 23.2 Å². The van der Waals surface area contributed by atoms with E-state index in [2.05, 4.69) is 10.4 Å². The van der Waals surface area contributed by atoms with Gasteiger partial charge in [0.15, 0.2) is 23.0 Å². The Kier molecular flexibility index (Phi) is 6.76. The molecule has 182 valence electrons. The number of nitrogens with one attached hydrogen (secondary N) is 1. The van der Waals surface area contributed by atoms with Crippen molar-refractivity contribution < 1.29 is 23.1 Å². The van der Waals surface area contributed by atoms with Gasteiger partial charge >= 0.3 is 0 Å². The predicted molar refractivity (Wildman–Crippen MR) is 124 cm³/mol. The molecule has 2 amide bonds. The number of hydrogen-bond donors (Lipinski definition) is 1. The number of aryl methyl sites for hydroxylation is 1. The highest BCUT2D eigenvalue weighted by molar-refractivity contribution is 5.95. The average Bonchev–Trinajstić information content (AvgIpc) is 2.85. The van der Waals surface area contributed by atoms with Gasteiger partial charge in [0.2, 0.25) is 5.91 Å². The first-order chi connectivity index (χ1) is 16.7. The molecular weight excluding hydrogens is 460 g/mol. The summed E-state index contributed by atoms with van der Waals surface area (Å²) in [6.07, 6.45) is 1.23. The van der Waals surface area contributed by atoms with Crippen LogP contribution in [0.1, 0.15) is 17.3 Å². The minimum absolute atomic E-state index is 0.0271. The lowest BCUT2D eigenvalue weighted by atomic mass is 10.1. The molecule has 0 atom stereocenters. The number of rotatable bonds is 5. The van der Waals surface area contributed by atoms with Gasteiger partial charge in [0, 0.05) is 57.5 Å². The van der Waals surface area contributed by atoms with Crippen LogP contribution in [0.4, 0.5) is 20.2 Å². The highest BCUT2D eigenvalue weighted by Gasteiger charge is 2.23. The van der Waals surface area contributed by atoms with Crippen LogP contribution < -0.4 is 15.6 Å². The fraction of sp³-hybridized carbons (Fsp3) is 0.250. The molecule has 0 aliphatic carbocycles. The van der Waals surface area contributed by atoms with E-state index in [0.717, 1.165) is 16.8 Å². The number of carbonyl (C=O) groups is 2. The van der Waals surface area contributed by atoms with Crippen LogP contribution in [0.15, 0.2) is 53.5 Å². The van der Waals surface area contributed by atoms with Crippen molar-refractivity contribution in [1.82, 2.24) is 19.6 Å². The van der Waals surface area contributed by atoms with E-state index in [4.69, 9.17) is 4.74 Å². The standard InChI is InChI=1S/C24H23F2N5O4/c1-15(32)30-8-10-31(11-9-30)23(33)16-4-3-5-18(12-16)28-22-21(14-27-29(2)24(22)34)35-20-7-6-17(25)13-19(20)26/h3-7,12-14,28H,8-11H2,1-2H3. The van der Waals surface area contributed by atoms with Crippen molar-refractivity contribution in [3.8, 4) is 11.5 Å². The van der Waals surface area contributed by atoms with Crippen LogP contribution in [0.5, 0.6) is 11.5 Å². The van der Waals surface area contributed by atoms with Crippen molar-refractivity contribution in [3.05, 3.63) is 76.2 Å². The number of benzene rings is 2. The lowest BCUT2D eigenvalue weighted by Crippen LogP contribution is -2.50. The number of amides is 2. The molecule has 1 aliphatic heterocycles. The summed E-state index contributed by atoms with van der Waals surface area (Å²) < 4.78 is 33.9. The molecule has 0 bridgehead atoms.